The van der Waals surface area contributed by atoms with Crippen LogP contribution in [-0.4, -0.2) is 9.97 Å². The van der Waals surface area contributed by atoms with Crippen LogP contribution in [-0.2, 0) is 0 Å². The van der Waals surface area contributed by atoms with Gasteiger partial charge in [0.1, 0.15) is 11.8 Å². The van der Waals surface area contributed by atoms with Crippen LogP contribution in [0.3, 0.4) is 0 Å². The fraction of sp³-hybridized carbons (Fsp3) is 0. The molecule has 3 rings (SSSR count). The van der Waals surface area contributed by atoms with Crippen molar-refractivity contribution in [3.05, 3.63) is 42.2 Å². The number of nitriles is 1. The molecule has 1 N–H and O–H groups in total. The zero-order valence-corrected chi connectivity index (χ0v) is 7.86. The van der Waals surface area contributed by atoms with Gasteiger partial charge in [-0.2, -0.15) is 5.26 Å². The van der Waals surface area contributed by atoms with Crippen molar-refractivity contribution >= 4 is 21.8 Å². The number of para-hydroxylation sites is 1. The lowest BCUT2D eigenvalue weighted by molar-refractivity contribution is 1.30. The summed E-state index contributed by atoms with van der Waals surface area (Å²) in [5, 5.41) is 11.0. The first kappa shape index (κ1) is 8.01. The molecule has 15 heavy (non-hydrogen) atoms. The van der Waals surface area contributed by atoms with Gasteiger partial charge in [-0.05, 0) is 12.1 Å². The number of aromatic nitrogens is 2. The number of benzene rings is 1. The standard InChI is InChI=1S/C12H7N3/c13-7-11-12-8-3-1-2-4-9(8)15-10(12)5-6-14-11/h1-6,15H. The highest BCUT2D eigenvalue weighted by molar-refractivity contribution is 6.09. The van der Waals surface area contributed by atoms with Crippen LogP contribution in [0.1, 0.15) is 5.69 Å². The second-order valence-electron chi connectivity index (χ2n) is 3.36. The summed E-state index contributed by atoms with van der Waals surface area (Å²) in [6, 6.07) is 11.9. The van der Waals surface area contributed by atoms with Crippen LogP contribution >= 0.6 is 0 Å². The predicted octanol–water partition coefficient (Wildman–Crippen LogP) is 2.59. The van der Waals surface area contributed by atoms with Crippen LogP contribution < -0.4 is 0 Å². The average Bonchev–Trinajstić information content (AvgIpc) is 2.67. The Morgan fingerprint density at radius 1 is 1.13 bits per heavy atom. The first-order valence-electron chi connectivity index (χ1n) is 4.65. The number of nitrogens with one attached hydrogen (secondary N) is 1. The van der Waals surface area contributed by atoms with E-state index < -0.39 is 0 Å². The third-order valence-electron chi connectivity index (χ3n) is 2.52. The number of rotatable bonds is 0. The summed E-state index contributed by atoms with van der Waals surface area (Å²) in [6.45, 7) is 0. The summed E-state index contributed by atoms with van der Waals surface area (Å²) in [5.41, 5.74) is 2.48. The molecule has 0 atom stereocenters. The number of aromatic amines is 1. The van der Waals surface area contributed by atoms with E-state index in [1.54, 1.807) is 6.20 Å². The summed E-state index contributed by atoms with van der Waals surface area (Å²) < 4.78 is 0. The van der Waals surface area contributed by atoms with Crippen molar-refractivity contribution < 1.29 is 0 Å². The van der Waals surface area contributed by atoms with Crippen molar-refractivity contribution in [3.63, 3.8) is 0 Å². The molecule has 3 nitrogen and oxygen atoms in total. The van der Waals surface area contributed by atoms with Crippen LogP contribution in [0.2, 0.25) is 0 Å². The Kier molecular flexibility index (Phi) is 1.51. The maximum atomic E-state index is 8.99. The van der Waals surface area contributed by atoms with Gasteiger partial charge in [-0.1, -0.05) is 18.2 Å². The van der Waals surface area contributed by atoms with Crippen LogP contribution in [0.5, 0.6) is 0 Å². The third kappa shape index (κ3) is 1.02. The van der Waals surface area contributed by atoms with E-state index in [0.717, 1.165) is 21.8 Å². The maximum absolute atomic E-state index is 8.99. The smallest absolute Gasteiger partial charge is 0.150 e. The predicted molar refractivity (Wildman–Crippen MR) is 58.3 cm³/mol. The van der Waals surface area contributed by atoms with E-state index in [0.29, 0.717) is 5.69 Å². The molecule has 2 aromatic heterocycles. The van der Waals surface area contributed by atoms with Gasteiger partial charge >= 0.3 is 0 Å². The fourth-order valence-electron chi connectivity index (χ4n) is 1.88. The van der Waals surface area contributed by atoms with Crippen LogP contribution in [0.15, 0.2) is 36.5 Å². The number of hydrogen-bond donors (Lipinski definition) is 1. The molecule has 0 aliphatic carbocycles. The summed E-state index contributed by atoms with van der Waals surface area (Å²) in [5.74, 6) is 0. The number of H-pyrrole nitrogens is 1. The molecule has 0 amide bonds. The third-order valence-corrected chi connectivity index (χ3v) is 2.52. The Hall–Kier alpha value is -2.34. The lowest BCUT2D eigenvalue weighted by atomic mass is 10.1. The van der Waals surface area contributed by atoms with E-state index in [2.05, 4.69) is 16.0 Å². The van der Waals surface area contributed by atoms with Gasteiger partial charge in [0, 0.05) is 22.5 Å². The van der Waals surface area contributed by atoms with Crippen LogP contribution in [0, 0.1) is 11.3 Å². The molecule has 0 spiro atoms. The average molecular weight is 193 g/mol. The van der Waals surface area contributed by atoms with Gasteiger partial charge in [0.15, 0.2) is 0 Å². The fourth-order valence-corrected chi connectivity index (χ4v) is 1.88. The monoisotopic (exact) mass is 193 g/mol. The lowest BCUT2D eigenvalue weighted by Crippen LogP contribution is -1.81. The van der Waals surface area contributed by atoms with E-state index >= 15 is 0 Å². The Morgan fingerprint density at radius 2 is 2.00 bits per heavy atom. The zero-order valence-electron chi connectivity index (χ0n) is 7.86. The molecular weight excluding hydrogens is 186 g/mol. The van der Waals surface area contributed by atoms with E-state index in [1.165, 1.54) is 0 Å². The number of nitrogens with zero attached hydrogens (tertiary/aromatic N) is 2. The van der Waals surface area contributed by atoms with Crippen molar-refractivity contribution in [1.82, 2.24) is 9.97 Å². The van der Waals surface area contributed by atoms with Crippen molar-refractivity contribution in [1.29, 1.82) is 5.26 Å². The van der Waals surface area contributed by atoms with Crippen molar-refractivity contribution in [2.24, 2.45) is 0 Å². The van der Waals surface area contributed by atoms with Gasteiger partial charge < -0.3 is 4.98 Å². The molecule has 2 heterocycles. The zero-order chi connectivity index (χ0) is 10.3. The Bertz CT molecular complexity index is 689. The highest BCUT2D eigenvalue weighted by Gasteiger charge is 2.07. The van der Waals surface area contributed by atoms with Gasteiger partial charge in [-0.3, -0.25) is 0 Å². The molecule has 0 aliphatic rings. The van der Waals surface area contributed by atoms with Gasteiger partial charge in [0.25, 0.3) is 0 Å². The SMILES string of the molecule is N#Cc1nccc2[nH]c3ccccc3c12. The van der Waals surface area contributed by atoms with E-state index in [-0.39, 0.29) is 0 Å². The second kappa shape index (κ2) is 2.82. The minimum Gasteiger partial charge on any atom is -0.354 e. The molecule has 0 aliphatic heterocycles. The molecule has 1 aromatic carbocycles. The summed E-state index contributed by atoms with van der Waals surface area (Å²) >= 11 is 0. The van der Waals surface area contributed by atoms with Gasteiger partial charge in [0.2, 0.25) is 0 Å². The maximum Gasteiger partial charge on any atom is 0.150 e. The quantitative estimate of drug-likeness (QED) is 0.596. The number of hydrogen-bond acceptors (Lipinski definition) is 2. The minimum absolute atomic E-state index is 0.477. The largest absolute Gasteiger partial charge is 0.354 e. The molecule has 0 radical (unpaired) electrons. The first-order chi connectivity index (χ1) is 7.40. The van der Waals surface area contributed by atoms with E-state index in [9.17, 15) is 0 Å². The Labute approximate surface area is 86.0 Å². The second-order valence-corrected chi connectivity index (χ2v) is 3.36. The van der Waals surface area contributed by atoms with Crippen molar-refractivity contribution in [2.75, 3.05) is 0 Å². The lowest BCUT2D eigenvalue weighted by Gasteiger charge is -1.92. The summed E-state index contributed by atoms with van der Waals surface area (Å²) in [4.78, 5) is 7.33. The molecule has 0 unspecified atom stereocenters. The molecule has 0 saturated carbocycles. The van der Waals surface area contributed by atoms with Gasteiger partial charge in [-0.15, -0.1) is 0 Å². The van der Waals surface area contributed by atoms with E-state index in [1.807, 2.05) is 30.3 Å². The topological polar surface area (TPSA) is 52.5 Å². The summed E-state index contributed by atoms with van der Waals surface area (Å²) in [6.07, 6.45) is 1.65. The highest BCUT2D eigenvalue weighted by Crippen LogP contribution is 2.26. The summed E-state index contributed by atoms with van der Waals surface area (Å²) in [7, 11) is 0. The molecule has 70 valence electrons. The van der Waals surface area contributed by atoms with Gasteiger partial charge in [0.05, 0.1) is 5.52 Å². The number of pyridine rings is 1. The molecule has 3 aromatic rings. The van der Waals surface area contributed by atoms with Crippen LogP contribution in [0.4, 0.5) is 0 Å². The van der Waals surface area contributed by atoms with Crippen LogP contribution in [0.25, 0.3) is 21.8 Å². The Balaban J connectivity index is 2.64. The highest BCUT2D eigenvalue weighted by atomic mass is 14.7. The minimum atomic E-state index is 0.477. The molecular formula is C12H7N3. The molecule has 0 saturated heterocycles. The molecule has 3 heteroatoms. The molecule has 0 bridgehead atoms. The van der Waals surface area contributed by atoms with Crippen molar-refractivity contribution in [3.8, 4) is 6.07 Å². The molecule has 0 fully saturated rings. The van der Waals surface area contributed by atoms with E-state index in [4.69, 9.17) is 5.26 Å². The van der Waals surface area contributed by atoms with Gasteiger partial charge in [-0.25, -0.2) is 4.98 Å². The first-order valence-corrected chi connectivity index (χ1v) is 4.65. The van der Waals surface area contributed by atoms with Crippen molar-refractivity contribution in [2.45, 2.75) is 0 Å². The number of fused-ring (bicyclic) bond motifs is 3. The normalized spacial score (nSPS) is 10.6. The Morgan fingerprint density at radius 3 is 2.87 bits per heavy atom.